The van der Waals surface area contributed by atoms with Crippen LogP contribution in [0.25, 0.3) is 0 Å². The number of nitrogens with zero attached hydrogens (tertiary/aromatic N) is 1. The normalized spacial score (nSPS) is 15.7. The number of hydrogen-bond donors (Lipinski definition) is 8. The van der Waals surface area contributed by atoms with Crippen molar-refractivity contribution in [3.8, 4) is 0 Å². The number of rotatable bonds is 11. The van der Waals surface area contributed by atoms with E-state index in [0.29, 0.717) is 30.3 Å². The molecule has 38 heavy (non-hydrogen) atoms. The molecule has 2 aromatic heterocycles. The summed E-state index contributed by atoms with van der Waals surface area (Å²) in [4.78, 5) is 55.6. The molecule has 1 aromatic carbocycles. The average molecular weight is 542 g/mol. The first-order valence-corrected chi connectivity index (χ1v) is 12.6. The number of carboxylic acids is 2. The molecule has 200 valence electrons. The van der Waals surface area contributed by atoms with Crippen LogP contribution < -0.4 is 32.6 Å². The van der Waals surface area contributed by atoms with Crippen LogP contribution in [0.4, 0.5) is 23.1 Å². The zero-order valence-electron chi connectivity index (χ0n) is 20.1. The van der Waals surface area contributed by atoms with Crippen molar-refractivity contribution in [3.63, 3.8) is 0 Å². The fourth-order valence-corrected chi connectivity index (χ4v) is 4.81. The number of nitrogens with two attached hydrogens (primary N) is 1. The molecule has 14 heteroatoms. The largest absolute Gasteiger partial charge is 0.481 e. The quantitative estimate of drug-likeness (QED) is 0.173. The summed E-state index contributed by atoms with van der Waals surface area (Å²) in [6.45, 7) is 0.945. The summed E-state index contributed by atoms with van der Waals surface area (Å²) in [7, 11) is 0. The molecule has 3 heterocycles. The summed E-state index contributed by atoms with van der Waals surface area (Å²) < 4.78 is 0. The van der Waals surface area contributed by atoms with Crippen LogP contribution in [-0.4, -0.2) is 63.2 Å². The molecule has 0 spiro atoms. The summed E-state index contributed by atoms with van der Waals surface area (Å²) >= 11 is 1.39. The Labute approximate surface area is 220 Å². The van der Waals surface area contributed by atoms with E-state index in [2.05, 4.69) is 31.2 Å². The number of anilines is 4. The minimum Gasteiger partial charge on any atom is -0.481 e. The summed E-state index contributed by atoms with van der Waals surface area (Å²) in [6, 6.07) is 8.50. The Kier molecular flexibility index (Phi) is 8.11. The van der Waals surface area contributed by atoms with Gasteiger partial charge in [0.05, 0.1) is 12.0 Å². The number of aliphatic carboxylic acids is 2. The molecule has 3 aromatic rings. The number of carboxylic acid groups (broad SMARTS) is 2. The molecule has 1 amide bonds. The first-order valence-electron chi connectivity index (χ1n) is 11.7. The van der Waals surface area contributed by atoms with Crippen LogP contribution in [0.2, 0.25) is 0 Å². The minimum absolute atomic E-state index is 0.0264. The number of H-pyrrole nitrogens is 1. The Morgan fingerprint density at radius 1 is 1.16 bits per heavy atom. The van der Waals surface area contributed by atoms with Crippen molar-refractivity contribution in [2.75, 3.05) is 34.8 Å². The lowest BCUT2D eigenvalue weighted by Gasteiger charge is -2.27. The Bertz CT molecular complexity index is 1360. The van der Waals surface area contributed by atoms with Crippen LogP contribution in [0.3, 0.4) is 0 Å². The predicted octanol–water partition coefficient (Wildman–Crippen LogP) is 1.25. The number of aromatic amines is 1. The number of carbonyl (C=O) groups excluding carboxylic acids is 1. The standard InChI is InChI=1S/C24H27N7O6S/c25-24-30-19-18(21(33)31-24)28-15(11-27-19)10-26-14-5-3-12(4-6-14)20(32)29-17(23(36)37)9-13(22(34)35)8-16-2-1-7-38-16/h1-7,13,15,17,26,28H,8-11H2,(H,29,32)(H,34,35)(H,36,37)(H4,25,27,30,31,33)/t13?,15-,17?/m1/s1. The molecule has 4 rings (SSSR count). The van der Waals surface area contributed by atoms with Crippen LogP contribution in [0.1, 0.15) is 21.7 Å². The molecule has 0 saturated heterocycles. The van der Waals surface area contributed by atoms with Gasteiger partial charge in [-0.1, -0.05) is 6.07 Å². The third-order valence-corrected chi connectivity index (χ3v) is 6.90. The van der Waals surface area contributed by atoms with Crippen LogP contribution in [0.5, 0.6) is 0 Å². The van der Waals surface area contributed by atoms with Crippen molar-refractivity contribution in [3.05, 3.63) is 62.6 Å². The van der Waals surface area contributed by atoms with Gasteiger partial charge in [0.15, 0.2) is 5.82 Å². The van der Waals surface area contributed by atoms with Gasteiger partial charge in [-0.15, -0.1) is 11.3 Å². The summed E-state index contributed by atoms with van der Waals surface area (Å²) in [5.74, 6) is -3.59. The van der Waals surface area contributed by atoms with E-state index in [1.165, 1.54) is 23.5 Å². The number of amides is 1. The maximum atomic E-state index is 12.7. The highest BCUT2D eigenvalue weighted by Gasteiger charge is 2.29. The lowest BCUT2D eigenvalue weighted by Crippen LogP contribution is -2.43. The number of hydrogen-bond acceptors (Lipinski definition) is 10. The fourth-order valence-electron chi connectivity index (χ4n) is 4.02. The van der Waals surface area contributed by atoms with Crippen molar-refractivity contribution >= 4 is 52.3 Å². The molecule has 1 aliphatic heterocycles. The van der Waals surface area contributed by atoms with Crippen molar-refractivity contribution in [1.82, 2.24) is 15.3 Å². The van der Waals surface area contributed by atoms with Crippen molar-refractivity contribution in [1.29, 1.82) is 0 Å². The van der Waals surface area contributed by atoms with Gasteiger partial charge >= 0.3 is 11.9 Å². The second-order valence-electron chi connectivity index (χ2n) is 8.77. The number of carbonyl (C=O) groups is 3. The zero-order chi connectivity index (χ0) is 27.2. The van der Waals surface area contributed by atoms with E-state index < -0.39 is 29.8 Å². The van der Waals surface area contributed by atoms with Gasteiger partial charge in [0, 0.05) is 29.2 Å². The van der Waals surface area contributed by atoms with Gasteiger partial charge in [0.2, 0.25) is 5.95 Å². The number of nitrogens with one attached hydrogen (secondary N) is 5. The second kappa shape index (κ2) is 11.6. The predicted molar refractivity (Wildman–Crippen MR) is 143 cm³/mol. The van der Waals surface area contributed by atoms with Crippen LogP contribution in [-0.2, 0) is 16.0 Å². The third-order valence-electron chi connectivity index (χ3n) is 6.00. The molecule has 0 fully saturated rings. The first-order chi connectivity index (χ1) is 18.2. The topological polar surface area (TPSA) is 212 Å². The fraction of sp³-hybridized carbons (Fsp3) is 0.292. The molecular weight excluding hydrogens is 514 g/mol. The highest BCUT2D eigenvalue weighted by atomic mass is 32.1. The molecule has 9 N–H and O–H groups in total. The number of nitrogen functional groups attached to an aromatic ring is 1. The second-order valence-corrected chi connectivity index (χ2v) is 9.81. The molecular formula is C24H27N7O6S. The van der Waals surface area contributed by atoms with Crippen LogP contribution >= 0.6 is 11.3 Å². The lowest BCUT2D eigenvalue weighted by molar-refractivity contribution is -0.144. The van der Waals surface area contributed by atoms with E-state index in [9.17, 15) is 29.4 Å². The third kappa shape index (κ3) is 6.59. The number of fused-ring (bicyclic) bond motifs is 1. The maximum absolute atomic E-state index is 12.7. The highest BCUT2D eigenvalue weighted by molar-refractivity contribution is 7.09. The molecule has 3 atom stereocenters. The molecule has 1 aliphatic rings. The van der Waals surface area contributed by atoms with Crippen molar-refractivity contribution in [2.45, 2.75) is 24.9 Å². The maximum Gasteiger partial charge on any atom is 0.326 e. The van der Waals surface area contributed by atoms with Gasteiger partial charge in [0.1, 0.15) is 11.7 Å². The number of aromatic nitrogens is 2. The van der Waals surface area contributed by atoms with E-state index in [4.69, 9.17) is 5.73 Å². The Morgan fingerprint density at radius 2 is 1.92 bits per heavy atom. The molecule has 2 unspecified atom stereocenters. The summed E-state index contributed by atoms with van der Waals surface area (Å²) in [5, 5.41) is 32.8. The molecule has 0 saturated carbocycles. The van der Waals surface area contributed by atoms with Crippen molar-refractivity contribution in [2.24, 2.45) is 5.92 Å². The van der Waals surface area contributed by atoms with Gasteiger partial charge in [-0.2, -0.15) is 4.98 Å². The van der Waals surface area contributed by atoms with Crippen LogP contribution in [0.15, 0.2) is 46.6 Å². The molecule has 0 aliphatic carbocycles. The Balaban J connectivity index is 1.32. The summed E-state index contributed by atoms with van der Waals surface area (Å²) in [5.41, 5.74) is 6.42. The smallest absolute Gasteiger partial charge is 0.326 e. The SMILES string of the molecule is Nc1nc2c(c(=O)[nH]1)N[C@H](CNc1ccc(C(=O)NC(CC(Cc3cccs3)C(=O)O)C(=O)O)cc1)CN2. The van der Waals surface area contributed by atoms with Gasteiger partial charge < -0.3 is 37.2 Å². The minimum atomic E-state index is -1.36. The molecule has 13 nitrogen and oxygen atoms in total. The van der Waals surface area contributed by atoms with Crippen molar-refractivity contribution < 1.29 is 24.6 Å². The Morgan fingerprint density at radius 3 is 2.58 bits per heavy atom. The average Bonchev–Trinajstić information content (AvgIpc) is 3.40. The van der Waals surface area contributed by atoms with E-state index in [0.717, 1.165) is 4.88 Å². The highest BCUT2D eigenvalue weighted by Crippen LogP contribution is 2.21. The number of thiophene rings is 1. The molecule has 0 bridgehead atoms. The van der Waals surface area contributed by atoms with Gasteiger partial charge in [-0.3, -0.25) is 19.4 Å². The van der Waals surface area contributed by atoms with E-state index in [-0.39, 0.29) is 36.0 Å². The van der Waals surface area contributed by atoms with Gasteiger partial charge in [0.25, 0.3) is 11.5 Å². The van der Waals surface area contributed by atoms with E-state index in [1.54, 1.807) is 24.3 Å². The zero-order valence-corrected chi connectivity index (χ0v) is 20.9. The Hall–Kier alpha value is -4.59. The first kappa shape index (κ1) is 26.5. The van der Waals surface area contributed by atoms with Gasteiger partial charge in [-0.25, -0.2) is 4.79 Å². The number of benzene rings is 1. The van der Waals surface area contributed by atoms with Crippen LogP contribution in [0, 0.1) is 5.92 Å². The van der Waals surface area contributed by atoms with E-state index in [1.807, 2.05) is 5.38 Å². The van der Waals surface area contributed by atoms with E-state index >= 15 is 0 Å². The monoisotopic (exact) mass is 541 g/mol. The van der Waals surface area contributed by atoms with Gasteiger partial charge in [-0.05, 0) is 48.6 Å². The summed E-state index contributed by atoms with van der Waals surface area (Å²) in [6.07, 6.45) is -0.0621. The lowest BCUT2D eigenvalue weighted by atomic mass is 9.95. The molecule has 0 radical (unpaired) electrons.